The van der Waals surface area contributed by atoms with Gasteiger partial charge in [-0.3, -0.25) is 0 Å². The van der Waals surface area contributed by atoms with Gasteiger partial charge in [-0.25, -0.2) is 0 Å². The minimum atomic E-state index is 0. The minimum Gasteiger partial charge on any atom is -0.147 e. The summed E-state index contributed by atoms with van der Waals surface area (Å²) in [6.45, 7) is 0. The standard InChI is InChI=1S/C14H12.ClH/c1-3-7-13(8-4-1)11-12-14-9-5-2-6-10-14;/h1-12H;1H/b12-11+;. The van der Waals surface area contributed by atoms with E-state index in [0.717, 1.165) is 0 Å². The van der Waals surface area contributed by atoms with Crippen LogP contribution in [0.15, 0.2) is 60.7 Å². The quantitative estimate of drug-likeness (QED) is 0.658. The number of hydrogen-bond acceptors (Lipinski definition) is 0. The van der Waals surface area contributed by atoms with Crippen LogP contribution in [0.4, 0.5) is 0 Å². The molecule has 0 N–H and O–H groups in total. The van der Waals surface area contributed by atoms with E-state index in [0.29, 0.717) is 0 Å². The molecule has 0 saturated heterocycles. The van der Waals surface area contributed by atoms with Crippen molar-refractivity contribution in [3.8, 4) is 0 Å². The second-order valence-electron chi connectivity index (χ2n) is 3.15. The molecule has 15 heavy (non-hydrogen) atoms. The molecule has 2 aromatic rings. The largest absolute Gasteiger partial charge is 0.147 e. The molecular formula is C14H13Cl. The summed E-state index contributed by atoms with van der Waals surface area (Å²) in [5.74, 6) is 0. The maximum Gasteiger partial charge on any atom is -0.0256 e. The molecule has 0 bridgehead atoms. The molecule has 2 aromatic carbocycles. The molecule has 76 valence electrons. The van der Waals surface area contributed by atoms with E-state index in [1.165, 1.54) is 11.1 Å². The molecule has 0 unspecified atom stereocenters. The summed E-state index contributed by atoms with van der Waals surface area (Å²) < 4.78 is 0. The van der Waals surface area contributed by atoms with E-state index < -0.39 is 0 Å². The number of benzene rings is 2. The van der Waals surface area contributed by atoms with Gasteiger partial charge in [0.1, 0.15) is 0 Å². The van der Waals surface area contributed by atoms with Crippen molar-refractivity contribution in [1.82, 2.24) is 0 Å². The molecule has 0 nitrogen and oxygen atoms in total. The van der Waals surface area contributed by atoms with Gasteiger partial charge >= 0.3 is 0 Å². The summed E-state index contributed by atoms with van der Waals surface area (Å²) >= 11 is 0. The molecule has 0 aliphatic rings. The Labute approximate surface area is 96.7 Å². The van der Waals surface area contributed by atoms with E-state index in [1.54, 1.807) is 0 Å². The highest BCUT2D eigenvalue weighted by Crippen LogP contribution is 2.06. The Balaban J connectivity index is 0.00000112. The maximum atomic E-state index is 2.12. The summed E-state index contributed by atoms with van der Waals surface area (Å²) in [4.78, 5) is 0. The first kappa shape index (κ1) is 11.5. The van der Waals surface area contributed by atoms with E-state index in [1.807, 2.05) is 36.4 Å². The average molecular weight is 217 g/mol. The summed E-state index contributed by atoms with van der Waals surface area (Å²) in [5.41, 5.74) is 2.47. The lowest BCUT2D eigenvalue weighted by molar-refractivity contribution is 1.65. The second kappa shape index (κ2) is 6.05. The first-order valence-corrected chi connectivity index (χ1v) is 4.73. The highest BCUT2D eigenvalue weighted by Gasteiger charge is 1.84. The highest BCUT2D eigenvalue weighted by atomic mass is 35.5. The Kier molecular flexibility index (Phi) is 4.65. The Morgan fingerprint density at radius 2 is 0.867 bits per heavy atom. The van der Waals surface area contributed by atoms with E-state index in [9.17, 15) is 0 Å². The van der Waals surface area contributed by atoms with Gasteiger partial charge in [0.15, 0.2) is 0 Å². The molecule has 2 rings (SSSR count). The lowest BCUT2D eigenvalue weighted by Gasteiger charge is -1.92. The molecule has 0 heterocycles. The van der Waals surface area contributed by atoms with Gasteiger partial charge in [-0.1, -0.05) is 72.8 Å². The fourth-order valence-electron chi connectivity index (χ4n) is 1.32. The fraction of sp³-hybridized carbons (Fsp3) is 0. The highest BCUT2D eigenvalue weighted by molar-refractivity contribution is 5.85. The molecule has 0 saturated carbocycles. The Bertz CT molecular complexity index is 362. The molecule has 0 aromatic heterocycles. The predicted molar refractivity (Wildman–Crippen MR) is 69.1 cm³/mol. The van der Waals surface area contributed by atoms with Crippen molar-refractivity contribution in [1.29, 1.82) is 0 Å². The Hall–Kier alpha value is -1.53. The van der Waals surface area contributed by atoms with Gasteiger partial charge in [0.05, 0.1) is 0 Å². The van der Waals surface area contributed by atoms with Crippen LogP contribution in [-0.2, 0) is 0 Å². The number of rotatable bonds is 2. The SMILES string of the molecule is C(=C\c1ccccc1)/c1ccccc1.Cl. The van der Waals surface area contributed by atoms with Crippen LogP contribution in [-0.4, -0.2) is 0 Å². The zero-order valence-electron chi connectivity index (χ0n) is 8.34. The van der Waals surface area contributed by atoms with Crippen LogP contribution in [0.1, 0.15) is 11.1 Å². The van der Waals surface area contributed by atoms with Crippen molar-refractivity contribution < 1.29 is 0 Å². The van der Waals surface area contributed by atoms with E-state index in [4.69, 9.17) is 0 Å². The van der Waals surface area contributed by atoms with Gasteiger partial charge in [-0.15, -0.1) is 12.4 Å². The number of hydrogen-bond donors (Lipinski definition) is 0. The van der Waals surface area contributed by atoms with Crippen molar-refractivity contribution >= 4 is 24.6 Å². The summed E-state index contributed by atoms with van der Waals surface area (Å²) in [5, 5.41) is 0. The molecule has 0 spiro atoms. The predicted octanol–water partition coefficient (Wildman–Crippen LogP) is 4.28. The normalized spacial score (nSPS) is 9.87. The third-order valence-electron chi connectivity index (χ3n) is 2.07. The Morgan fingerprint density at radius 3 is 1.20 bits per heavy atom. The third kappa shape index (κ3) is 3.61. The molecule has 0 fully saturated rings. The second-order valence-corrected chi connectivity index (χ2v) is 3.15. The van der Waals surface area contributed by atoms with Crippen LogP contribution in [0.2, 0.25) is 0 Å². The number of halogens is 1. The van der Waals surface area contributed by atoms with Crippen molar-refractivity contribution in [2.75, 3.05) is 0 Å². The van der Waals surface area contributed by atoms with E-state index >= 15 is 0 Å². The van der Waals surface area contributed by atoms with Crippen molar-refractivity contribution in [3.05, 3.63) is 71.8 Å². The molecule has 0 aliphatic carbocycles. The van der Waals surface area contributed by atoms with Crippen LogP contribution in [0.3, 0.4) is 0 Å². The van der Waals surface area contributed by atoms with Crippen LogP contribution >= 0.6 is 12.4 Å². The van der Waals surface area contributed by atoms with Crippen LogP contribution < -0.4 is 0 Å². The van der Waals surface area contributed by atoms with Gasteiger partial charge < -0.3 is 0 Å². The molecule has 0 atom stereocenters. The maximum absolute atomic E-state index is 2.12. The van der Waals surface area contributed by atoms with Crippen LogP contribution in [0.25, 0.3) is 12.2 Å². The van der Waals surface area contributed by atoms with Crippen molar-refractivity contribution in [3.63, 3.8) is 0 Å². The van der Waals surface area contributed by atoms with E-state index in [2.05, 4.69) is 36.4 Å². The van der Waals surface area contributed by atoms with Gasteiger partial charge in [0.2, 0.25) is 0 Å². The smallest absolute Gasteiger partial charge is 0.0256 e. The van der Waals surface area contributed by atoms with Crippen LogP contribution in [0, 0.1) is 0 Å². The molecule has 0 aliphatic heterocycles. The summed E-state index contributed by atoms with van der Waals surface area (Å²) in [6, 6.07) is 20.6. The molecule has 0 radical (unpaired) electrons. The van der Waals surface area contributed by atoms with Crippen molar-refractivity contribution in [2.45, 2.75) is 0 Å². The van der Waals surface area contributed by atoms with Gasteiger partial charge in [0.25, 0.3) is 0 Å². The van der Waals surface area contributed by atoms with Gasteiger partial charge in [-0.05, 0) is 11.1 Å². The topological polar surface area (TPSA) is 0 Å². The van der Waals surface area contributed by atoms with Gasteiger partial charge in [-0.2, -0.15) is 0 Å². The Morgan fingerprint density at radius 1 is 0.533 bits per heavy atom. The fourth-order valence-corrected chi connectivity index (χ4v) is 1.32. The molecule has 1 heteroatoms. The zero-order valence-corrected chi connectivity index (χ0v) is 9.15. The first-order chi connectivity index (χ1) is 6.95. The van der Waals surface area contributed by atoms with Gasteiger partial charge in [0, 0.05) is 0 Å². The summed E-state index contributed by atoms with van der Waals surface area (Å²) in [7, 11) is 0. The minimum absolute atomic E-state index is 0. The molecule has 0 amide bonds. The molecular weight excluding hydrogens is 204 g/mol. The van der Waals surface area contributed by atoms with E-state index in [-0.39, 0.29) is 12.4 Å². The third-order valence-corrected chi connectivity index (χ3v) is 2.07. The lowest BCUT2D eigenvalue weighted by atomic mass is 10.1. The van der Waals surface area contributed by atoms with Crippen LogP contribution in [0.5, 0.6) is 0 Å². The zero-order chi connectivity index (χ0) is 9.64. The average Bonchev–Trinajstić information content (AvgIpc) is 2.29. The summed E-state index contributed by atoms with van der Waals surface area (Å²) in [6.07, 6.45) is 4.24. The lowest BCUT2D eigenvalue weighted by Crippen LogP contribution is -1.70. The monoisotopic (exact) mass is 216 g/mol. The first-order valence-electron chi connectivity index (χ1n) is 4.73. The van der Waals surface area contributed by atoms with Crippen molar-refractivity contribution in [2.24, 2.45) is 0 Å².